The van der Waals surface area contributed by atoms with Gasteiger partial charge in [0.15, 0.2) is 5.82 Å². The average molecular weight is 791 g/mol. The molecular formula is C36H49F2N8O6PS. The number of benzene rings is 1. The molecule has 18 heteroatoms. The molecule has 1 unspecified atom stereocenters. The fourth-order valence-electron chi connectivity index (χ4n) is 4.28. The van der Waals surface area contributed by atoms with Crippen LogP contribution in [-0.2, 0) is 16.0 Å². The van der Waals surface area contributed by atoms with Crippen LogP contribution in [0.5, 0.6) is 5.75 Å². The number of rotatable bonds is 12. The second-order valence-electron chi connectivity index (χ2n) is 11.8. The minimum absolute atomic E-state index is 0.00287. The summed E-state index contributed by atoms with van der Waals surface area (Å²) in [6.07, 6.45) is 11.0. The van der Waals surface area contributed by atoms with Crippen molar-refractivity contribution in [1.29, 1.82) is 0 Å². The Morgan fingerprint density at radius 1 is 1.15 bits per heavy atom. The molecule has 1 aromatic carbocycles. The number of aliphatic hydroxyl groups is 1. The normalized spacial score (nSPS) is 13.6. The zero-order chi connectivity index (χ0) is 39.9. The van der Waals surface area contributed by atoms with Crippen LogP contribution >= 0.6 is 19.9 Å². The van der Waals surface area contributed by atoms with Crippen LogP contribution in [0.15, 0.2) is 70.9 Å². The van der Waals surface area contributed by atoms with Crippen molar-refractivity contribution in [2.45, 2.75) is 79.0 Å². The predicted octanol–water partition coefficient (Wildman–Crippen LogP) is 7.13. The van der Waals surface area contributed by atoms with Crippen molar-refractivity contribution in [2.75, 3.05) is 6.61 Å². The van der Waals surface area contributed by atoms with Crippen LogP contribution in [0, 0.1) is 17.7 Å². The Balaban J connectivity index is 0.000000813. The topological polar surface area (TPSA) is 213 Å². The summed E-state index contributed by atoms with van der Waals surface area (Å²) in [6.45, 7) is 8.37. The fourth-order valence-corrected chi connectivity index (χ4v) is 5.67. The van der Waals surface area contributed by atoms with Gasteiger partial charge in [-0.25, -0.2) is 19.0 Å². The van der Waals surface area contributed by atoms with Crippen LogP contribution in [0.25, 0.3) is 16.3 Å². The van der Waals surface area contributed by atoms with Gasteiger partial charge >= 0.3 is 8.53 Å². The zero-order valence-electron chi connectivity index (χ0n) is 30.8. The second kappa shape index (κ2) is 25.4. The number of pyridine rings is 1. The van der Waals surface area contributed by atoms with Crippen LogP contribution in [0.4, 0.5) is 8.78 Å². The van der Waals surface area contributed by atoms with Crippen molar-refractivity contribution in [1.82, 2.24) is 25.1 Å². The number of carboxylic acid groups (broad SMARTS) is 1. The quantitative estimate of drug-likeness (QED) is 0.0421. The highest BCUT2D eigenvalue weighted by Gasteiger charge is 2.19. The lowest BCUT2D eigenvalue weighted by Gasteiger charge is -2.18. The lowest BCUT2D eigenvalue weighted by molar-refractivity contribution is -0.122. The summed E-state index contributed by atoms with van der Waals surface area (Å²) in [5, 5.41) is 23.5. The Bertz CT molecular complexity index is 1750. The number of nitrogens with one attached hydrogen (secondary N) is 1. The molecule has 0 saturated heterocycles. The van der Waals surface area contributed by atoms with Gasteiger partial charge in [-0.2, -0.15) is 9.49 Å². The Hall–Kier alpha value is -4.67. The molecule has 0 radical (unpaired) electrons. The van der Waals surface area contributed by atoms with Gasteiger partial charge in [-0.15, -0.1) is 11.3 Å². The van der Waals surface area contributed by atoms with E-state index in [0.717, 1.165) is 50.2 Å². The average Bonchev–Trinajstić information content (AvgIpc) is 3.86. The highest BCUT2D eigenvalue weighted by atomic mass is 32.1. The zero-order valence-corrected chi connectivity index (χ0v) is 32.5. The number of nitrogens with two attached hydrogens (primary N) is 2. The monoisotopic (exact) mass is 790 g/mol. The number of allylic oxidation sites excluding steroid dienone is 1. The molecule has 1 aliphatic rings. The van der Waals surface area contributed by atoms with Gasteiger partial charge in [0, 0.05) is 30.0 Å². The molecular weight excluding hydrogens is 741 g/mol. The predicted molar refractivity (Wildman–Crippen MR) is 207 cm³/mol. The standard InChI is InChI=1S/C28H29F2N8O3PS.C5H12.C2H6O.CH2O2/c29-21-11-12-24(30)37-26(21)25(31)22(14-33-19-7-3-1-4-8-19)35-27(39)23-16-43-28(36-23)18-13-34-38(15-18)17-40-42(32)41-20-9-5-2-6-10-20;1-4-5(2)3;1-2-3;2-1-3/h2,5-6,9-16,19H,1,3-4,7-8,17,31-32H2,(H,35,39);5H,4H2,1-3H3;3H,2H2,1H3;1H,(H,2,3)/b25-22+,33-14?;;;. The molecule has 1 amide bonds. The van der Waals surface area contributed by atoms with E-state index in [2.05, 4.69) is 46.1 Å². The first-order chi connectivity index (χ1) is 25.9. The molecule has 1 aliphatic carbocycles. The first-order valence-corrected chi connectivity index (χ1v) is 19.3. The van der Waals surface area contributed by atoms with E-state index in [1.165, 1.54) is 28.7 Å². The molecule has 0 spiro atoms. The van der Waals surface area contributed by atoms with Crippen molar-refractivity contribution in [3.63, 3.8) is 0 Å². The molecule has 5 rings (SSSR count). The fraction of sp³-hybridized carbons (Fsp3) is 0.389. The number of amides is 1. The molecule has 4 aromatic rings. The van der Waals surface area contributed by atoms with Crippen LogP contribution in [-0.4, -0.2) is 61.2 Å². The van der Waals surface area contributed by atoms with Crippen molar-refractivity contribution in [2.24, 2.45) is 22.1 Å². The Labute approximate surface area is 319 Å². The maximum absolute atomic E-state index is 14.5. The third kappa shape index (κ3) is 16.6. The molecule has 14 nitrogen and oxygen atoms in total. The third-order valence-electron chi connectivity index (χ3n) is 7.28. The van der Waals surface area contributed by atoms with Crippen molar-refractivity contribution in [3.8, 4) is 16.3 Å². The van der Waals surface area contributed by atoms with E-state index in [1.54, 1.807) is 36.8 Å². The molecule has 3 aromatic heterocycles. The van der Waals surface area contributed by atoms with E-state index in [4.69, 9.17) is 35.3 Å². The summed E-state index contributed by atoms with van der Waals surface area (Å²) in [7, 11) is -1.67. The van der Waals surface area contributed by atoms with E-state index in [0.29, 0.717) is 16.3 Å². The Morgan fingerprint density at radius 3 is 2.43 bits per heavy atom. The molecule has 7 N–H and O–H groups in total. The molecule has 1 atom stereocenters. The summed E-state index contributed by atoms with van der Waals surface area (Å²) < 4.78 is 40.9. The summed E-state index contributed by atoms with van der Waals surface area (Å²) in [5.41, 5.74) is 12.2. The van der Waals surface area contributed by atoms with Crippen LogP contribution in [0.3, 0.4) is 0 Å². The number of carbonyl (C=O) groups is 2. The highest BCUT2D eigenvalue weighted by Crippen LogP contribution is 2.32. The van der Waals surface area contributed by atoms with Gasteiger partial charge in [-0.3, -0.25) is 24.6 Å². The number of thiazole rings is 1. The van der Waals surface area contributed by atoms with Gasteiger partial charge in [-0.05, 0) is 49.9 Å². The van der Waals surface area contributed by atoms with Crippen molar-refractivity contribution in [3.05, 3.63) is 89.1 Å². The van der Waals surface area contributed by atoms with Crippen LogP contribution < -0.4 is 21.1 Å². The number of nitrogens with zero attached hydrogens (tertiary/aromatic N) is 5. The van der Waals surface area contributed by atoms with Gasteiger partial charge in [0.05, 0.1) is 23.6 Å². The van der Waals surface area contributed by atoms with Gasteiger partial charge in [0.1, 0.15) is 28.9 Å². The molecule has 1 saturated carbocycles. The molecule has 0 bridgehead atoms. The van der Waals surface area contributed by atoms with E-state index < -0.39 is 31.9 Å². The Morgan fingerprint density at radius 2 is 1.80 bits per heavy atom. The minimum atomic E-state index is -1.67. The number of carbonyl (C=O) groups excluding carboxylic acids is 1. The lowest BCUT2D eigenvalue weighted by atomic mass is 9.96. The molecule has 1 fully saturated rings. The lowest BCUT2D eigenvalue weighted by Crippen LogP contribution is -2.27. The summed E-state index contributed by atoms with van der Waals surface area (Å²) in [6, 6.07) is 10.9. The number of para-hydroxylation sites is 1. The number of aromatic nitrogens is 4. The first kappa shape index (κ1) is 45.5. The van der Waals surface area contributed by atoms with E-state index in [1.807, 2.05) is 18.2 Å². The van der Waals surface area contributed by atoms with Crippen molar-refractivity contribution >= 4 is 44.2 Å². The largest absolute Gasteiger partial charge is 0.483 e. The highest BCUT2D eigenvalue weighted by molar-refractivity contribution is 7.44. The summed E-state index contributed by atoms with van der Waals surface area (Å²) in [4.78, 5) is 34.1. The number of halogens is 2. The second-order valence-corrected chi connectivity index (χ2v) is 13.7. The minimum Gasteiger partial charge on any atom is -0.483 e. The molecule has 294 valence electrons. The number of aliphatic imine (C=N–C) groups is 1. The SMILES string of the molecule is CCC(C)C.CCO.N/C(=C(\C=NC1CCCCC1)NC(=O)c1csc(-c2cnn(COP(N)Oc3ccccc3)c2)n1)c1nc(F)ccc1F.O=CO. The van der Waals surface area contributed by atoms with E-state index >= 15 is 0 Å². The van der Waals surface area contributed by atoms with Gasteiger partial charge in [-0.1, -0.05) is 64.7 Å². The number of hydrogen-bond acceptors (Lipinski definition) is 12. The third-order valence-corrected chi connectivity index (χ3v) is 8.94. The Kier molecular flexibility index (Phi) is 21.4. The molecule has 54 heavy (non-hydrogen) atoms. The number of aliphatic hydroxyl groups excluding tert-OH is 1. The number of hydrogen-bond donors (Lipinski definition) is 5. The van der Waals surface area contributed by atoms with Crippen LogP contribution in [0.1, 0.15) is 82.4 Å². The van der Waals surface area contributed by atoms with Gasteiger partial charge < -0.3 is 25.8 Å². The van der Waals surface area contributed by atoms with Gasteiger partial charge in [0.25, 0.3) is 12.4 Å². The summed E-state index contributed by atoms with van der Waals surface area (Å²) >= 11 is 1.23. The smallest absolute Gasteiger partial charge is 0.317 e. The van der Waals surface area contributed by atoms with Crippen LogP contribution in [0.2, 0.25) is 0 Å². The molecule has 3 heterocycles. The van der Waals surface area contributed by atoms with E-state index in [9.17, 15) is 13.6 Å². The van der Waals surface area contributed by atoms with Gasteiger partial charge in [0.2, 0.25) is 5.95 Å². The summed E-state index contributed by atoms with van der Waals surface area (Å²) in [5.74, 6) is -0.855. The maximum atomic E-state index is 14.5. The van der Waals surface area contributed by atoms with E-state index in [-0.39, 0.29) is 42.9 Å². The maximum Gasteiger partial charge on any atom is 0.317 e. The first-order valence-electron chi connectivity index (χ1n) is 17.2. The van der Waals surface area contributed by atoms with Crippen molar-refractivity contribution < 1.29 is 37.6 Å². The molecule has 0 aliphatic heterocycles.